The molecule has 1 heteroatoms. The first-order chi connectivity index (χ1) is 17.8. The average Bonchev–Trinajstić information content (AvgIpc) is 3.34. The van der Waals surface area contributed by atoms with Crippen molar-refractivity contribution in [2.75, 3.05) is 0 Å². The molecule has 0 aromatic heterocycles. The maximum absolute atomic E-state index is 15.5. The molecule has 2 saturated carbocycles. The number of carbonyl (C=O) groups excluding carboxylic acids is 1. The molecule has 0 radical (unpaired) electrons. The molecule has 2 bridgehead atoms. The van der Waals surface area contributed by atoms with E-state index in [1.807, 2.05) is 0 Å². The van der Waals surface area contributed by atoms with Crippen molar-refractivity contribution in [2.24, 2.45) is 11.8 Å². The Bertz CT molecular complexity index is 1540. The summed E-state index contributed by atoms with van der Waals surface area (Å²) in [6, 6.07) is 39.2. The van der Waals surface area contributed by atoms with Crippen molar-refractivity contribution >= 4 is 27.3 Å². The fourth-order valence-electron chi connectivity index (χ4n) is 8.75. The van der Waals surface area contributed by atoms with E-state index in [0.29, 0.717) is 17.6 Å². The van der Waals surface area contributed by atoms with Gasteiger partial charge >= 0.3 is 0 Å². The summed E-state index contributed by atoms with van der Waals surface area (Å²) in [5, 5.41) is 5.03. The molecule has 174 valence electrons. The molecule has 0 saturated heterocycles. The van der Waals surface area contributed by atoms with Gasteiger partial charge in [-0.05, 0) is 68.5 Å². The summed E-state index contributed by atoms with van der Waals surface area (Å²) in [5.74, 6) is 1.05. The molecule has 0 N–H and O–H groups in total. The number of ketones is 1. The Hall–Kier alpha value is -3.71. The minimum absolute atomic E-state index is 0.318. The van der Waals surface area contributed by atoms with Crippen molar-refractivity contribution in [3.63, 3.8) is 0 Å². The van der Waals surface area contributed by atoms with Gasteiger partial charge < -0.3 is 0 Å². The van der Waals surface area contributed by atoms with Gasteiger partial charge in [-0.15, -0.1) is 0 Å². The largest absolute Gasteiger partial charge is 0.297 e. The summed E-state index contributed by atoms with van der Waals surface area (Å²) < 4.78 is 0. The second kappa shape index (κ2) is 7.17. The monoisotopic (exact) mass is 464 g/mol. The van der Waals surface area contributed by atoms with E-state index in [9.17, 15) is 0 Å². The fourth-order valence-corrected chi connectivity index (χ4v) is 8.75. The molecule has 0 amide bonds. The van der Waals surface area contributed by atoms with Gasteiger partial charge in [-0.25, -0.2) is 0 Å². The minimum atomic E-state index is -0.610. The highest BCUT2D eigenvalue weighted by molar-refractivity contribution is 6.23. The van der Waals surface area contributed by atoms with Crippen molar-refractivity contribution < 1.29 is 4.79 Å². The lowest BCUT2D eigenvalue weighted by Crippen LogP contribution is -2.42. The van der Waals surface area contributed by atoms with E-state index in [0.717, 1.165) is 12.8 Å². The van der Waals surface area contributed by atoms with Gasteiger partial charge in [0.1, 0.15) is 0 Å². The smallest absolute Gasteiger partial charge is 0.163 e. The molecule has 2 unspecified atom stereocenters. The van der Waals surface area contributed by atoms with Gasteiger partial charge in [-0.3, -0.25) is 4.79 Å². The van der Waals surface area contributed by atoms with Crippen LogP contribution in [0.2, 0.25) is 0 Å². The Labute approximate surface area is 211 Å². The Morgan fingerprint density at radius 1 is 0.472 bits per heavy atom. The van der Waals surface area contributed by atoms with Crippen LogP contribution in [0.1, 0.15) is 47.9 Å². The number of hydrogen-bond donors (Lipinski definition) is 0. The van der Waals surface area contributed by atoms with Gasteiger partial charge in [-0.2, -0.15) is 0 Å². The summed E-state index contributed by atoms with van der Waals surface area (Å²) >= 11 is 0. The molecule has 0 heterocycles. The first-order valence-corrected chi connectivity index (χ1v) is 13.4. The molecule has 5 aromatic carbocycles. The molecule has 36 heavy (non-hydrogen) atoms. The highest BCUT2D eigenvalue weighted by Crippen LogP contribution is 2.73. The zero-order chi connectivity index (χ0) is 23.9. The third kappa shape index (κ3) is 2.18. The Balaban J connectivity index is 1.67. The lowest BCUT2D eigenvalue weighted by Gasteiger charge is -2.46. The molecule has 5 aromatic rings. The van der Waals surface area contributed by atoms with Crippen LogP contribution < -0.4 is 0 Å². The van der Waals surface area contributed by atoms with E-state index in [1.165, 1.54) is 56.6 Å². The predicted octanol–water partition coefficient (Wildman–Crippen LogP) is 7.97. The zero-order valence-corrected chi connectivity index (χ0v) is 20.3. The Morgan fingerprint density at radius 2 is 0.833 bits per heavy atom. The van der Waals surface area contributed by atoms with Crippen LogP contribution in [-0.2, 0) is 15.6 Å². The lowest BCUT2D eigenvalue weighted by molar-refractivity contribution is -0.124. The van der Waals surface area contributed by atoms with Gasteiger partial charge in [0.2, 0.25) is 0 Å². The van der Waals surface area contributed by atoms with Crippen molar-refractivity contribution in [2.45, 2.75) is 36.5 Å². The average molecular weight is 465 g/mol. The first kappa shape index (κ1) is 20.5. The molecule has 3 aliphatic carbocycles. The van der Waals surface area contributed by atoms with Crippen LogP contribution in [0.3, 0.4) is 0 Å². The van der Waals surface area contributed by atoms with Crippen LogP contribution in [0.25, 0.3) is 21.5 Å². The van der Waals surface area contributed by atoms with Crippen molar-refractivity contribution in [3.05, 3.63) is 131 Å². The van der Waals surface area contributed by atoms with E-state index in [-0.39, 0.29) is 0 Å². The number of benzene rings is 5. The van der Waals surface area contributed by atoms with Crippen molar-refractivity contribution in [1.29, 1.82) is 0 Å². The molecular formula is C35H28O. The van der Waals surface area contributed by atoms with Gasteiger partial charge in [0.15, 0.2) is 5.78 Å². The van der Waals surface area contributed by atoms with Crippen LogP contribution in [0, 0.1) is 11.8 Å². The van der Waals surface area contributed by atoms with E-state index in [1.54, 1.807) is 0 Å². The number of carbonyl (C=O) groups is 1. The summed E-state index contributed by atoms with van der Waals surface area (Å²) in [5.41, 5.74) is 3.73. The normalized spacial score (nSPS) is 28.4. The highest BCUT2D eigenvalue weighted by Gasteiger charge is 2.75. The molecule has 0 spiro atoms. The predicted molar refractivity (Wildman–Crippen MR) is 146 cm³/mol. The van der Waals surface area contributed by atoms with Gasteiger partial charge in [0, 0.05) is 0 Å². The van der Waals surface area contributed by atoms with Crippen molar-refractivity contribution in [1.82, 2.24) is 0 Å². The maximum Gasteiger partial charge on any atom is 0.163 e. The van der Waals surface area contributed by atoms with Crippen LogP contribution in [0.4, 0.5) is 0 Å². The van der Waals surface area contributed by atoms with Crippen LogP contribution in [0.5, 0.6) is 0 Å². The second-order valence-electron chi connectivity index (χ2n) is 11.0. The number of fused-ring (bicyclic) bond motifs is 13. The topological polar surface area (TPSA) is 17.1 Å². The van der Waals surface area contributed by atoms with Crippen LogP contribution >= 0.6 is 0 Å². The van der Waals surface area contributed by atoms with Crippen LogP contribution in [-0.4, -0.2) is 5.78 Å². The molecular weight excluding hydrogens is 436 g/mol. The van der Waals surface area contributed by atoms with Gasteiger partial charge in [0.25, 0.3) is 0 Å². The van der Waals surface area contributed by atoms with E-state index < -0.39 is 10.8 Å². The molecule has 8 rings (SSSR count). The summed E-state index contributed by atoms with van der Waals surface area (Å²) in [7, 11) is 0. The molecule has 4 atom stereocenters. The third-order valence-electron chi connectivity index (χ3n) is 9.77. The molecule has 1 nitrogen and oxygen atoms in total. The van der Waals surface area contributed by atoms with E-state index in [2.05, 4.69) is 109 Å². The summed E-state index contributed by atoms with van der Waals surface area (Å²) in [6.45, 7) is 0. The van der Waals surface area contributed by atoms with E-state index in [4.69, 9.17) is 0 Å². The van der Waals surface area contributed by atoms with Crippen molar-refractivity contribution in [3.8, 4) is 0 Å². The highest BCUT2D eigenvalue weighted by atomic mass is 16.1. The second-order valence-corrected chi connectivity index (χ2v) is 11.0. The molecule has 3 aliphatic rings. The van der Waals surface area contributed by atoms with Crippen LogP contribution in [0.15, 0.2) is 109 Å². The molecule has 0 aliphatic heterocycles. The Morgan fingerprint density at radius 3 is 1.25 bits per heavy atom. The minimum Gasteiger partial charge on any atom is -0.297 e. The summed E-state index contributed by atoms with van der Waals surface area (Å²) in [6.07, 6.45) is 4.63. The summed E-state index contributed by atoms with van der Waals surface area (Å²) in [4.78, 5) is 15.5. The van der Waals surface area contributed by atoms with Gasteiger partial charge in [0.05, 0.1) is 10.8 Å². The lowest BCUT2D eigenvalue weighted by atomic mass is 9.55. The quantitative estimate of drug-likeness (QED) is 0.242. The SMILES string of the molecule is O=C1[C@]2(c3ccccc3)c3c(c4ccccc4c4ccccc34)[C@@]1(c1ccccc1)C1CCCCC12. The fraction of sp³-hybridized carbons (Fsp3) is 0.229. The third-order valence-corrected chi connectivity index (χ3v) is 9.77. The van der Waals surface area contributed by atoms with Gasteiger partial charge in [-0.1, -0.05) is 122 Å². The number of Topliss-reactive ketones (excluding diaryl/α,β-unsaturated/α-hetero) is 1. The standard InChI is InChI=1S/C35H28O/c36-33-34(23-13-3-1-4-14-23)29-21-11-12-22-30(29)35(33,24-15-5-2-6-16-24)32-28-20-10-8-18-26(28)25-17-7-9-19-27(25)31(32)34/h1-10,13-20,29-30H,11-12,21-22H2/t29?,30?,34-,35+. The first-order valence-electron chi connectivity index (χ1n) is 13.4. The maximum atomic E-state index is 15.5. The number of rotatable bonds is 2. The molecule has 2 fully saturated rings. The Kier molecular flexibility index (Phi) is 4.08. The van der Waals surface area contributed by atoms with E-state index >= 15 is 4.79 Å². The number of hydrogen-bond acceptors (Lipinski definition) is 1. The zero-order valence-electron chi connectivity index (χ0n) is 20.3.